The fourth-order valence-electron chi connectivity index (χ4n) is 11.0. The summed E-state index contributed by atoms with van der Waals surface area (Å²) >= 11 is 1.91. The Morgan fingerprint density at radius 1 is 0.358 bits per heavy atom. The van der Waals surface area contributed by atoms with Gasteiger partial charge < -0.3 is 4.57 Å². The lowest BCUT2D eigenvalue weighted by Crippen LogP contribution is -2.32. The quantitative estimate of drug-likeness (QED) is 0.173. The standard InChI is InChI=1S/C62H38N4S/c1-3-16-39(17-4-1)40-30-32-43(33-31-40)60-63-59(42-19-5-2-6-20-42)64-61(65-60)44-21-15-22-45(38-44)66-53-36-34-41-18-7-8-23-46(41)56(53)57-54(66)37-35-52-58(57)67-55-29-14-13-28-51(55)62(52)49-26-11-9-24-47(49)48-25-10-12-27-50(48)62/h1-38H. The van der Waals surface area contributed by atoms with Crippen LogP contribution in [0.4, 0.5) is 0 Å². The molecule has 0 amide bonds. The van der Waals surface area contributed by atoms with Crippen molar-refractivity contribution in [2.45, 2.75) is 15.2 Å². The maximum absolute atomic E-state index is 5.21. The van der Waals surface area contributed by atoms with Crippen LogP contribution < -0.4 is 0 Å². The summed E-state index contributed by atoms with van der Waals surface area (Å²) in [6.45, 7) is 0. The number of benzene rings is 10. The van der Waals surface area contributed by atoms with Gasteiger partial charge in [-0.3, -0.25) is 0 Å². The van der Waals surface area contributed by atoms with Crippen LogP contribution in [0.25, 0.3) is 94.7 Å². The van der Waals surface area contributed by atoms with Crippen molar-refractivity contribution in [1.29, 1.82) is 0 Å². The molecule has 0 bridgehead atoms. The maximum Gasteiger partial charge on any atom is 0.164 e. The largest absolute Gasteiger partial charge is 0.309 e. The van der Waals surface area contributed by atoms with Gasteiger partial charge in [0.1, 0.15) is 0 Å². The van der Waals surface area contributed by atoms with Gasteiger partial charge in [-0.15, -0.1) is 0 Å². The second kappa shape index (κ2) is 14.8. The molecular formula is C62H38N4S. The van der Waals surface area contributed by atoms with Gasteiger partial charge in [-0.2, -0.15) is 0 Å². The summed E-state index contributed by atoms with van der Waals surface area (Å²) < 4.78 is 2.45. The van der Waals surface area contributed by atoms with Gasteiger partial charge in [-0.1, -0.05) is 212 Å². The van der Waals surface area contributed by atoms with Crippen molar-refractivity contribution >= 4 is 44.3 Å². The molecule has 3 heterocycles. The third-order valence-corrected chi connectivity index (χ3v) is 15.1. The van der Waals surface area contributed by atoms with Gasteiger partial charge in [0.25, 0.3) is 0 Å². The van der Waals surface area contributed by atoms with Crippen molar-refractivity contribution in [1.82, 2.24) is 19.5 Å². The Balaban J connectivity index is 1.00. The van der Waals surface area contributed by atoms with Crippen LogP contribution in [0.5, 0.6) is 0 Å². The van der Waals surface area contributed by atoms with E-state index in [1.54, 1.807) is 0 Å². The summed E-state index contributed by atoms with van der Waals surface area (Å²) in [5.41, 5.74) is 15.9. The number of fused-ring (bicyclic) bond motifs is 15. The Hall–Kier alpha value is -8.38. The zero-order valence-corrected chi connectivity index (χ0v) is 37.0. The summed E-state index contributed by atoms with van der Waals surface area (Å²) in [6.07, 6.45) is 0. The number of hydrogen-bond acceptors (Lipinski definition) is 4. The Morgan fingerprint density at radius 2 is 0.881 bits per heavy atom. The van der Waals surface area contributed by atoms with Gasteiger partial charge in [-0.25, -0.2) is 15.0 Å². The van der Waals surface area contributed by atoms with Gasteiger partial charge in [0.15, 0.2) is 17.5 Å². The fourth-order valence-corrected chi connectivity index (χ4v) is 12.4. The van der Waals surface area contributed by atoms with E-state index < -0.39 is 5.41 Å². The SMILES string of the molecule is c1ccc(-c2ccc(-c3nc(-c4ccccc4)nc(-c4cccc(-n5c6ccc7c(c6c6c8ccccc8ccc65)Sc5ccccc5C75c6ccccc6-c6ccccc65)c4)n3)cc2)cc1. The average Bonchev–Trinajstić information content (AvgIpc) is 3.91. The summed E-state index contributed by atoms with van der Waals surface area (Å²) in [6, 6.07) is 83.3. The van der Waals surface area contributed by atoms with E-state index in [2.05, 4.69) is 211 Å². The van der Waals surface area contributed by atoms with Crippen LogP contribution in [-0.2, 0) is 5.41 Å². The average molecular weight is 871 g/mol. The monoisotopic (exact) mass is 870 g/mol. The molecule has 0 atom stereocenters. The van der Waals surface area contributed by atoms with Gasteiger partial charge in [-0.05, 0) is 85.6 Å². The van der Waals surface area contributed by atoms with Crippen LogP contribution in [0.2, 0.25) is 0 Å². The lowest BCUT2D eigenvalue weighted by Gasteiger charge is -2.40. The van der Waals surface area contributed by atoms with Crippen molar-refractivity contribution < 1.29 is 0 Å². The highest BCUT2D eigenvalue weighted by Crippen LogP contribution is 2.63. The molecule has 1 aliphatic carbocycles. The third kappa shape index (κ3) is 5.65. The second-order valence-electron chi connectivity index (χ2n) is 17.5. The molecule has 0 unspecified atom stereocenters. The molecule has 10 aromatic carbocycles. The Labute approximate surface area is 391 Å². The van der Waals surface area contributed by atoms with E-state index in [0.29, 0.717) is 17.5 Å². The smallest absolute Gasteiger partial charge is 0.164 e. The van der Waals surface area contributed by atoms with Crippen LogP contribution in [0.15, 0.2) is 240 Å². The minimum absolute atomic E-state index is 0.480. The molecule has 0 saturated carbocycles. The second-order valence-corrected chi connectivity index (χ2v) is 18.5. The topological polar surface area (TPSA) is 43.6 Å². The van der Waals surface area contributed by atoms with E-state index in [1.165, 1.54) is 70.3 Å². The summed E-state index contributed by atoms with van der Waals surface area (Å²) in [5, 5.41) is 4.98. The molecule has 67 heavy (non-hydrogen) atoms. The minimum atomic E-state index is -0.480. The molecule has 5 heteroatoms. The molecule has 1 aliphatic heterocycles. The predicted octanol–water partition coefficient (Wildman–Crippen LogP) is 15.6. The summed E-state index contributed by atoms with van der Waals surface area (Å²) in [5.74, 6) is 1.88. The summed E-state index contributed by atoms with van der Waals surface area (Å²) in [7, 11) is 0. The molecule has 1 spiro atoms. The number of hydrogen-bond donors (Lipinski definition) is 0. The van der Waals surface area contributed by atoms with Crippen molar-refractivity contribution in [3.8, 4) is 62.1 Å². The van der Waals surface area contributed by atoms with E-state index in [-0.39, 0.29) is 0 Å². The van der Waals surface area contributed by atoms with E-state index in [0.717, 1.165) is 39.0 Å². The number of nitrogens with zero attached hydrogens (tertiary/aromatic N) is 4. The van der Waals surface area contributed by atoms with Crippen molar-refractivity contribution in [2.24, 2.45) is 0 Å². The first-order chi connectivity index (χ1) is 33.2. The van der Waals surface area contributed by atoms with Gasteiger partial charge in [0.2, 0.25) is 0 Å². The zero-order valence-electron chi connectivity index (χ0n) is 36.1. The molecule has 12 aromatic rings. The van der Waals surface area contributed by atoms with Crippen LogP contribution in [-0.4, -0.2) is 19.5 Å². The van der Waals surface area contributed by atoms with Gasteiger partial charge >= 0.3 is 0 Å². The van der Waals surface area contributed by atoms with Crippen LogP contribution >= 0.6 is 11.8 Å². The molecule has 0 saturated heterocycles. The maximum atomic E-state index is 5.21. The number of rotatable bonds is 5. The third-order valence-electron chi connectivity index (χ3n) is 13.9. The van der Waals surface area contributed by atoms with Crippen LogP contribution in [0.1, 0.15) is 22.3 Å². The van der Waals surface area contributed by atoms with Crippen molar-refractivity contribution in [3.05, 3.63) is 253 Å². The first-order valence-electron chi connectivity index (χ1n) is 22.8. The molecule has 0 N–H and O–H groups in total. The molecule has 312 valence electrons. The predicted molar refractivity (Wildman–Crippen MR) is 275 cm³/mol. The molecular weight excluding hydrogens is 833 g/mol. The zero-order chi connectivity index (χ0) is 44.1. The van der Waals surface area contributed by atoms with E-state index in [9.17, 15) is 0 Å². The molecule has 2 aromatic heterocycles. The minimum Gasteiger partial charge on any atom is -0.309 e. The highest BCUT2D eigenvalue weighted by atomic mass is 32.2. The Morgan fingerprint density at radius 3 is 1.61 bits per heavy atom. The molecule has 0 radical (unpaired) electrons. The molecule has 14 rings (SSSR count). The van der Waals surface area contributed by atoms with Crippen molar-refractivity contribution in [2.75, 3.05) is 0 Å². The molecule has 0 fully saturated rings. The normalized spacial score (nSPS) is 13.1. The van der Waals surface area contributed by atoms with Gasteiger partial charge in [0.05, 0.1) is 16.4 Å². The van der Waals surface area contributed by atoms with E-state index in [1.807, 2.05) is 36.0 Å². The highest BCUT2D eigenvalue weighted by Gasteiger charge is 2.50. The lowest BCUT2D eigenvalue weighted by molar-refractivity contribution is 0.726. The molecule has 4 nitrogen and oxygen atoms in total. The first kappa shape index (κ1) is 37.9. The fraction of sp³-hybridized carbons (Fsp3) is 0.0161. The summed E-state index contributed by atoms with van der Waals surface area (Å²) in [4.78, 5) is 18.0. The van der Waals surface area contributed by atoms with Crippen molar-refractivity contribution in [3.63, 3.8) is 0 Å². The highest BCUT2D eigenvalue weighted by molar-refractivity contribution is 7.99. The lowest BCUT2D eigenvalue weighted by atomic mass is 9.67. The van der Waals surface area contributed by atoms with E-state index in [4.69, 9.17) is 15.0 Å². The number of aromatic nitrogens is 4. The van der Waals surface area contributed by atoms with E-state index >= 15 is 0 Å². The van der Waals surface area contributed by atoms with Gasteiger partial charge in [0, 0.05) is 42.9 Å². The molecule has 2 aliphatic rings. The first-order valence-corrected chi connectivity index (χ1v) is 23.6. The Kier molecular flexibility index (Phi) is 8.40. The van der Waals surface area contributed by atoms with Crippen LogP contribution in [0.3, 0.4) is 0 Å². The Bertz CT molecular complexity index is 3900. The van der Waals surface area contributed by atoms with Crippen LogP contribution in [0, 0.1) is 0 Å².